The van der Waals surface area contributed by atoms with Crippen LogP contribution in [0, 0.1) is 0 Å². The van der Waals surface area contributed by atoms with Crippen LogP contribution in [0.4, 0.5) is 0 Å². The van der Waals surface area contributed by atoms with Gasteiger partial charge in [0.05, 0.1) is 0 Å². The summed E-state index contributed by atoms with van der Waals surface area (Å²) in [4.78, 5) is 2.20. The Morgan fingerprint density at radius 3 is 2.54 bits per heavy atom. The van der Waals surface area contributed by atoms with Crippen LogP contribution in [0.3, 0.4) is 0 Å². The molecule has 0 aliphatic heterocycles. The maximum absolute atomic E-state index is 3.71. The van der Waals surface area contributed by atoms with Crippen LogP contribution in [0.1, 0.15) is 25.7 Å². The van der Waals surface area contributed by atoms with Crippen LogP contribution in [-0.4, -0.2) is 38.6 Å². The third-order valence-electron chi connectivity index (χ3n) is 2.00. The maximum atomic E-state index is 3.71. The number of hydrogen-bond donors (Lipinski definition) is 1. The van der Waals surface area contributed by atoms with Crippen molar-refractivity contribution < 1.29 is 0 Å². The first kappa shape index (κ1) is 12.7. The molecule has 0 saturated carbocycles. The van der Waals surface area contributed by atoms with Gasteiger partial charge < -0.3 is 10.2 Å². The summed E-state index contributed by atoms with van der Waals surface area (Å²) < 4.78 is 0. The Morgan fingerprint density at radius 2 is 1.92 bits per heavy atom. The number of allylic oxidation sites excluding steroid dienone is 1. The maximum Gasteiger partial charge on any atom is 0.0101 e. The fourth-order valence-corrected chi connectivity index (χ4v) is 1.14. The molecule has 0 aromatic heterocycles. The van der Waals surface area contributed by atoms with Crippen molar-refractivity contribution in [3.8, 4) is 0 Å². The minimum atomic E-state index is 1.11. The SMILES string of the molecule is C=CCCCCCNCCN(C)C. The summed E-state index contributed by atoms with van der Waals surface area (Å²) in [6.45, 7) is 7.10. The van der Waals surface area contributed by atoms with Crippen LogP contribution in [0.5, 0.6) is 0 Å². The molecular weight excluding hydrogens is 160 g/mol. The second kappa shape index (κ2) is 9.75. The van der Waals surface area contributed by atoms with Gasteiger partial charge in [-0.3, -0.25) is 0 Å². The number of nitrogens with one attached hydrogen (secondary N) is 1. The molecule has 0 atom stereocenters. The largest absolute Gasteiger partial charge is 0.315 e. The van der Waals surface area contributed by atoms with Crippen molar-refractivity contribution >= 4 is 0 Å². The summed E-state index contributed by atoms with van der Waals surface area (Å²) in [5, 5.41) is 3.43. The lowest BCUT2D eigenvalue weighted by Crippen LogP contribution is -2.27. The number of hydrogen-bond acceptors (Lipinski definition) is 2. The van der Waals surface area contributed by atoms with Crippen molar-refractivity contribution in [2.24, 2.45) is 0 Å². The van der Waals surface area contributed by atoms with Crippen molar-refractivity contribution in [2.45, 2.75) is 25.7 Å². The number of unbranched alkanes of at least 4 members (excludes halogenated alkanes) is 3. The Morgan fingerprint density at radius 1 is 1.15 bits per heavy atom. The second-order valence-electron chi connectivity index (χ2n) is 3.69. The van der Waals surface area contributed by atoms with E-state index in [0.29, 0.717) is 0 Å². The average Bonchev–Trinajstić information content (AvgIpc) is 2.09. The zero-order valence-electron chi connectivity index (χ0n) is 9.18. The molecule has 2 nitrogen and oxygen atoms in total. The van der Waals surface area contributed by atoms with Crippen LogP contribution < -0.4 is 5.32 Å². The summed E-state index contributed by atoms with van der Waals surface area (Å²) in [6, 6.07) is 0. The molecule has 13 heavy (non-hydrogen) atoms. The van der Waals surface area contributed by atoms with Crippen molar-refractivity contribution in [2.75, 3.05) is 33.7 Å². The Labute approximate surface area is 83.0 Å². The lowest BCUT2D eigenvalue weighted by molar-refractivity contribution is 0.399. The molecule has 0 fully saturated rings. The predicted octanol–water partition coefficient (Wildman–Crippen LogP) is 1.88. The lowest BCUT2D eigenvalue weighted by atomic mass is 10.2. The van der Waals surface area contributed by atoms with Gasteiger partial charge in [0.1, 0.15) is 0 Å². The quantitative estimate of drug-likeness (QED) is 0.435. The van der Waals surface area contributed by atoms with Gasteiger partial charge in [-0.15, -0.1) is 6.58 Å². The molecule has 0 unspecified atom stereocenters. The van der Waals surface area contributed by atoms with Crippen molar-refractivity contribution in [1.82, 2.24) is 10.2 Å². The molecule has 0 aromatic carbocycles. The Hall–Kier alpha value is -0.340. The van der Waals surface area contributed by atoms with Gasteiger partial charge >= 0.3 is 0 Å². The summed E-state index contributed by atoms with van der Waals surface area (Å²) in [7, 11) is 4.21. The standard InChI is InChI=1S/C11H24N2/c1-4-5-6-7-8-9-12-10-11-13(2)3/h4,12H,1,5-11H2,2-3H3. The van der Waals surface area contributed by atoms with Crippen LogP contribution in [-0.2, 0) is 0 Å². The molecule has 78 valence electrons. The molecule has 0 radical (unpaired) electrons. The highest BCUT2D eigenvalue weighted by molar-refractivity contribution is 4.65. The molecule has 0 aliphatic rings. The van der Waals surface area contributed by atoms with E-state index in [-0.39, 0.29) is 0 Å². The monoisotopic (exact) mass is 184 g/mol. The predicted molar refractivity (Wildman–Crippen MR) is 60.1 cm³/mol. The van der Waals surface area contributed by atoms with Crippen LogP contribution in [0.2, 0.25) is 0 Å². The third-order valence-corrected chi connectivity index (χ3v) is 2.00. The fraction of sp³-hybridized carbons (Fsp3) is 0.818. The first-order valence-electron chi connectivity index (χ1n) is 5.23. The highest BCUT2D eigenvalue weighted by Gasteiger charge is 1.90. The summed E-state index contributed by atoms with van der Waals surface area (Å²) in [5.41, 5.74) is 0. The molecule has 0 amide bonds. The van der Waals surface area contributed by atoms with E-state index in [0.717, 1.165) is 26.1 Å². The van der Waals surface area contributed by atoms with Crippen LogP contribution >= 0.6 is 0 Å². The molecule has 0 aliphatic carbocycles. The molecule has 0 spiro atoms. The van der Waals surface area contributed by atoms with Crippen molar-refractivity contribution in [3.05, 3.63) is 12.7 Å². The van der Waals surface area contributed by atoms with Crippen LogP contribution in [0.25, 0.3) is 0 Å². The minimum Gasteiger partial charge on any atom is -0.315 e. The lowest BCUT2D eigenvalue weighted by Gasteiger charge is -2.09. The number of likely N-dealkylation sites (N-methyl/N-ethyl adjacent to an activating group) is 1. The van der Waals surface area contributed by atoms with E-state index in [9.17, 15) is 0 Å². The van der Waals surface area contributed by atoms with E-state index in [1.54, 1.807) is 0 Å². The first-order valence-corrected chi connectivity index (χ1v) is 5.23. The van der Waals surface area contributed by atoms with E-state index >= 15 is 0 Å². The molecule has 0 rings (SSSR count). The summed E-state index contributed by atoms with van der Waals surface area (Å²) in [6.07, 6.45) is 7.07. The topological polar surface area (TPSA) is 15.3 Å². The number of nitrogens with zero attached hydrogens (tertiary/aromatic N) is 1. The van der Waals surface area contributed by atoms with Gasteiger partial charge in [-0.25, -0.2) is 0 Å². The van der Waals surface area contributed by atoms with Crippen molar-refractivity contribution in [3.63, 3.8) is 0 Å². The molecular formula is C11H24N2. The molecule has 0 saturated heterocycles. The zero-order valence-corrected chi connectivity index (χ0v) is 9.18. The highest BCUT2D eigenvalue weighted by atomic mass is 15.1. The normalized spacial score (nSPS) is 10.7. The first-order chi connectivity index (χ1) is 6.27. The van der Waals surface area contributed by atoms with Gasteiger partial charge in [-0.05, 0) is 39.9 Å². The summed E-state index contributed by atoms with van der Waals surface area (Å²) in [5.74, 6) is 0. The molecule has 0 heterocycles. The Bertz CT molecular complexity index is 111. The molecule has 1 N–H and O–H groups in total. The average molecular weight is 184 g/mol. The molecule has 2 heteroatoms. The van der Waals surface area contributed by atoms with E-state index in [2.05, 4.69) is 30.9 Å². The van der Waals surface area contributed by atoms with E-state index in [1.165, 1.54) is 19.3 Å². The Balaban J connectivity index is 2.87. The van der Waals surface area contributed by atoms with Gasteiger partial charge in [0.2, 0.25) is 0 Å². The van der Waals surface area contributed by atoms with Gasteiger partial charge in [-0.2, -0.15) is 0 Å². The van der Waals surface area contributed by atoms with Crippen LogP contribution in [0.15, 0.2) is 12.7 Å². The highest BCUT2D eigenvalue weighted by Crippen LogP contribution is 1.98. The van der Waals surface area contributed by atoms with E-state index in [1.807, 2.05) is 6.08 Å². The van der Waals surface area contributed by atoms with E-state index < -0.39 is 0 Å². The minimum absolute atomic E-state index is 1.11. The van der Waals surface area contributed by atoms with Crippen molar-refractivity contribution in [1.29, 1.82) is 0 Å². The smallest absolute Gasteiger partial charge is 0.0101 e. The zero-order chi connectivity index (χ0) is 9.94. The summed E-state index contributed by atoms with van der Waals surface area (Å²) >= 11 is 0. The fourth-order valence-electron chi connectivity index (χ4n) is 1.14. The van der Waals surface area contributed by atoms with Gasteiger partial charge in [0, 0.05) is 13.1 Å². The molecule has 0 aromatic rings. The molecule has 0 bridgehead atoms. The number of rotatable bonds is 9. The Kier molecular flexibility index (Phi) is 9.49. The van der Waals surface area contributed by atoms with Gasteiger partial charge in [-0.1, -0.05) is 12.5 Å². The third kappa shape index (κ3) is 11.7. The van der Waals surface area contributed by atoms with Gasteiger partial charge in [0.25, 0.3) is 0 Å². The van der Waals surface area contributed by atoms with E-state index in [4.69, 9.17) is 0 Å². The second-order valence-corrected chi connectivity index (χ2v) is 3.69. The van der Waals surface area contributed by atoms with Gasteiger partial charge in [0.15, 0.2) is 0 Å².